The lowest BCUT2D eigenvalue weighted by Gasteiger charge is -2.29. The minimum absolute atomic E-state index is 0.255. The normalized spacial score (nSPS) is 25.4. The molecular weight excluding hydrogens is 242 g/mol. The molecule has 0 aliphatic heterocycles. The van der Waals surface area contributed by atoms with Gasteiger partial charge in [0.2, 0.25) is 5.89 Å². The minimum Gasteiger partial charge on any atom is -0.396 e. The van der Waals surface area contributed by atoms with Gasteiger partial charge in [-0.25, -0.2) is 0 Å². The summed E-state index contributed by atoms with van der Waals surface area (Å²) in [6, 6.07) is 0.952. The van der Waals surface area contributed by atoms with E-state index in [0.29, 0.717) is 18.0 Å². The van der Waals surface area contributed by atoms with Crippen molar-refractivity contribution in [3.8, 4) is 0 Å². The molecule has 1 heterocycles. The van der Waals surface area contributed by atoms with E-state index < -0.39 is 0 Å². The summed E-state index contributed by atoms with van der Waals surface area (Å²) in [5.41, 5.74) is 0. The van der Waals surface area contributed by atoms with E-state index in [0.717, 1.165) is 50.2 Å². The van der Waals surface area contributed by atoms with Crippen LogP contribution in [0.2, 0.25) is 0 Å². The van der Waals surface area contributed by atoms with Gasteiger partial charge in [-0.3, -0.25) is 0 Å². The van der Waals surface area contributed by atoms with Crippen molar-refractivity contribution in [1.82, 2.24) is 15.5 Å². The van der Waals surface area contributed by atoms with Gasteiger partial charge in [-0.15, -0.1) is 0 Å². The lowest BCUT2D eigenvalue weighted by atomic mass is 9.85. The molecule has 0 spiro atoms. The fraction of sp³-hybridized carbons (Fsp3) is 0.857. The third-order valence-corrected chi connectivity index (χ3v) is 3.96. The van der Waals surface area contributed by atoms with Gasteiger partial charge in [-0.2, -0.15) is 4.98 Å². The first kappa shape index (κ1) is 14.5. The Hall–Kier alpha value is -0.940. The molecule has 1 unspecified atom stereocenters. The van der Waals surface area contributed by atoms with E-state index in [1.807, 2.05) is 6.92 Å². The molecule has 0 bridgehead atoms. The van der Waals surface area contributed by atoms with Crippen molar-refractivity contribution in [1.29, 1.82) is 0 Å². The number of nitrogens with one attached hydrogen (secondary N) is 1. The van der Waals surface area contributed by atoms with Gasteiger partial charge in [0, 0.05) is 31.0 Å². The molecule has 5 heteroatoms. The van der Waals surface area contributed by atoms with E-state index in [9.17, 15) is 0 Å². The zero-order valence-corrected chi connectivity index (χ0v) is 11.9. The smallest absolute Gasteiger partial charge is 0.229 e. The van der Waals surface area contributed by atoms with Crippen LogP contribution >= 0.6 is 0 Å². The van der Waals surface area contributed by atoms with Crippen LogP contribution in [-0.4, -0.2) is 33.9 Å². The van der Waals surface area contributed by atoms with E-state index in [1.54, 1.807) is 0 Å². The third kappa shape index (κ3) is 4.01. The molecule has 19 heavy (non-hydrogen) atoms. The number of hydrogen-bond donors (Lipinski definition) is 2. The second-order valence-corrected chi connectivity index (χ2v) is 5.53. The monoisotopic (exact) mass is 267 g/mol. The van der Waals surface area contributed by atoms with E-state index in [4.69, 9.17) is 9.63 Å². The van der Waals surface area contributed by atoms with Crippen LogP contribution in [0.5, 0.6) is 0 Å². The van der Waals surface area contributed by atoms with Crippen molar-refractivity contribution in [2.75, 3.05) is 6.61 Å². The van der Waals surface area contributed by atoms with Gasteiger partial charge in [-0.1, -0.05) is 12.1 Å². The predicted octanol–water partition coefficient (Wildman–Crippen LogP) is 2.02. The lowest BCUT2D eigenvalue weighted by molar-refractivity contribution is 0.241. The summed E-state index contributed by atoms with van der Waals surface area (Å²) in [5, 5.41) is 16.5. The number of hydrogen-bond acceptors (Lipinski definition) is 5. The van der Waals surface area contributed by atoms with Gasteiger partial charge in [-0.05, 0) is 39.0 Å². The highest BCUT2D eigenvalue weighted by atomic mass is 16.5. The van der Waals surface area contributed by atoms with Crippen molar-refractivity contribution < 1.29 is 9.63 Å². The molecule has 1 aliphatic carbocycles. The number of aliphatic hydroxyl groups is 1. The summed E-state index contributed by atoms with van der Waals surface area (Å²) < 4.78 is 5.34. The highest BCUT2D eigenvalue weighted by Crippen LogP contribution is 2.32. The van der Waals surface area contributed by atoms with Crippen molar-refractivity contribution in [2.24, 2.45) is 0 Å². The number of aliphatic hydroxyl groups excluding tert-OH is 1. The molecule has 1 aliphatic rings. The topological polar surface area (TPSA) is 71.2 Å². The largest absolute Gasteiger partial charge is 0.396 e. The average molecular weight is 267 g/mol. The Morgan fingerprint density at radius 1 is 1.37 bits per heavy atom. The number of rotatable bonds is 6. The fourth-order valence-electron chi connectivity index (χ4n) is 2.76. The van der Waals surface area contributed by atoms with Gasteiger partial charge in [0.25, 0.3) is 0 Å². The highest BCUT2D eigenvalue weighted by Gasteiger charge is 2.26. The molecule has 0 radical (unpaired) electrons. The molecule has 108 valence electrons. The van der Waals surface area contributed by atoms with E-state index >= 15 is 0 Å². The fourth-order valence-corrected chi connectivity index (χ4v) is 2.76. The first-order chi connectivity index (χ1) is 9.22. The van der Waals surface area contributed by atoms with E-state index in [1.165, 1.54) is 0 Å². The minimum atomic E-state index is 0.255. The molecule has 2 N–H and O–H groups in total. The predicted molar refractivity (Wildman–Crippen MR) is 73.0 cm³/mol. The molecule has 2 rings (SSSR count). The Labute approximate surface area is 114 Å². The second kappa shape index (κ2) is 7.01. The van der Waals surface area contributed by atoms with Crippen molar-refractivity contribution >= 4 is 0 Å². The quantitative estimate of drug-likeness (QED) is 0.825. The molecule has 1 atom stereocenters. The lowest BCUT2D eigenvalue weighted by Crippen LogP contribution is -2.39. The maximum absolute atomic E-state index is 8.91. The van der Waals surface area contributed by atoms with Crippen molar-refractivity contribution in [3.63, 3.8) is 0 Å². The Morgan fingerprint density at radius 3 is 2.68 bits per heavy atom. The summed E-state index contributed by atoms with van der Waals surface area (Å²) >= 11 is 0. The zero-order chi connectivity index (χ0) is 13.7. The molecule has 1 aromatic heterocycles. The van der Waals surface area contributed by atoms with Crippen molar-refractivity contribution in [2.45, 2.75) is 70.4 Å². The van der Waals surface area contributed by atoms with E-state index in [2.05, 4.69) is 22.4 Å². The van der Waals surface area contributed by atoms with Crippen molar-refractivity contribution in [3.05, 3.63) is 11.7 Å². The van der Waals surface area contributed by atoms with Gasteiger partial charge < -0.3 is 14.9 Å². The van der Waals surface area contributed by atoms with Crippen LogP contribution in [0.4, 0.5) is 0 Å². The van der Waals surface area contributed by atoms with Crippen LogP contribution in [0.15, 0.2) is 4.52 Å². The Morgan fingerprint density at radius 2 is 2.11 bits per heavy atom. The molecule has 1 saturated carbocycles. The van der Waals surface area contributed by atoms with Crippen LogP contribution in [0.1, 0.15) is 63.6 Å². The maximum Gasteiger partial charge on any atom is 0.229 e. The molecule has 5 nitrogen and oxygen atoms in total. The van der Waals surface area contributed by atoms with Crippen LogP contribution < -0.4 is 5.32 Å². The molecule has 0 amide bonds. The first-order valence-electron chi connectivity index (χ1n) is 7.42. The number of aryl methyl sites for hydroxylation is 1. The SMILES string of the molecule is CCc1noc(C2CCC(NC(C)CCO)CC2)n1. The third-order valence-electron chi connectivity index (χ3n) is 3.96. The standard InChI is InChI=1S/C14H25N3O2/c1-3-13-16-14(19-17-13)11-4-6-12(7-5-11)15-10(2)8-9-18/h10-12,15,18H,3-9H2,1-2H3. The zero-order valence-electron chi connectivity index (χ0n) is 11.9. The molecule has 1 fully saturated rings. The Bertz CT molecular complexity index is 373. The number of nitrogens with zero attached hydrogens (tertiary/aromatic N) is 2. The summed E-state index contributed by atoms with van der Waals surface area (Å²) in [6.07, 6.45) is 6.15. The molecule has 1 aromatic rings. The average Bonchev–Trinajstić information content (AvgIpc) is 2.88. The van der Waals surface area contributed by atoms with Crippen LogP contribution in [-0.2, 0) is 6.42 Å². The van der Waals surface area contributed by atoms with Crippen LogP contribution in [0, 0.1) is 0 Å². The summed E-state index contributed by atoms with van der Waals surface area (Å²) in [5.74, 6) is 2.06. The van der Waals surface area contributed by atoms with Crippen LogP contribution in [0.3, 0.4) is 0 Å². The molecule has 0 aromatic carbocycles. The van der Waals surface area contributed by atoms with E-state index in [-0.39, 0.29) is 6.61 Å². The highest BCUT2D eigenvalue weighted by molar-refractivity contribution is 4.97. The maximum atomic E-state index is 8.91. The van der Waals surface area contributed by atoms with Gasteiger partial charge in [0.1, 0.15) is 0 Å². The number of aromatic nitrogens is 2. The van der Waals surface area contributed by atoms with Gasteiger partial charge in [0.15, 0.2) is 5.82 Å². The summed E-state index contributed by atoms with van der Waals surface area (Å²) in [7, 11) is 0. The van der Waals surface area contributed by atoms with Crippen LogP contribution in [0.25, 0.3) is 0 Å². The molecule has 0 saturated heterocycles. The molecular formula is C14H25N3O2. The Kier molecular flexibility index (Phi) is 5.34. The first-order valence-corrected chi connectivity index (χ1v) is 7.42. The van der Waals surface area contributed by atoms with Gasteiger partial charge in [0.05, 0.1) is 0 Å². The summed E-state index contributed by atoms with van der Waals surface area (Å²) in [6.45, 7) is 4.43. The van der Waals surface area contributed by atoms with Gasteiger partial charge >= 0.3 is 0 Å². The Balaban J connectivity index is 1.78. The second-order valence-electron chi connectivity index (χ2n) is 5.53. The summed E-state index contributed by atoms with van der Waals surface area (Å²) in [4.78, 5) is 4.44.